The Morgan fingerprint density at radius 1 is 0.737 bits per heavy atom. The van der Waals surface area contributed by atoms with E-state index in [2.05, 4.69) is 35.2 Å². The normalized spacial score (nSPS) is 14.1. The van der Waals surface area contributed by atoms with E-state index in [1.54, 1.807) is 6.08 Å². The standard InChI is InChI=1S/C27H28N2O.C4H4O4/c30-27(17-16-23-10-4-1-5-11-23)29(25-14-8-3-9-15-25)26-18-20-28(21-19-26)22-24-12-6-2-7-13-24;5-3(6)1-2-4(7)8/h1-17,26H,18-22H2;1-2H,(H,5,6)(H,7,8)/b17-16+;2-1+. The zero-order valence-electron chi connectivity index (χ0n) is 21.1. The first-order chi connectivity index (χ1) is 18.4. The summed E-state index contributed by atoms with van der Waals surface area (Å²) < 4.78 is 0. The Balaban J connectivity index is 0.000000436. The first kappa shape index (κ1) is 28.1. The van der Waals surface area contributed by atoms with Crippen molar-refractivity contribution in [2.45, 2.75) is 25.4 Å². The van der Waals surface area contributed by atoms with Gasteiger partial charge in [0.2, 0.25) is 0 Å². The third kappa shape index (κ3) is 9.52. The number of likely N-dealkylation sites (tertiary alicyclic amines) is 1. The van der Waals surface area contributed by atoms with Crippen LogP contribution < -0.4 is 4.90 Å². The number of amides is 1. The first-order valence-electron chi connectivity index (χ1n) is 12.4. The summed E-state index contributed by atoms with van der Waals surface area (Å²) >= 11 is 0. The molecule has 1 saturated heterocycles. The van der Waals surface area contributed by atoms with Crippen LogP contribution in [0.15, 0.2) is 109 Å². The molecule has 1 amide bonds. The smallest absolute Gasteiger partial charge is 0.328 e. The topological polar surface area (TPSA) is 98.2 Å². The van der Waals surface area contributed by atoms with Crippen LogP contribution in [0.5, 0.6) is 0 Å². The lowest BCUT2D eigenvalue weighted by molar-refractivity contribution is -0.134. The second-order valence-corrected chi connectivity index (χ2v) is 8.79. The number of carboxylic acids is 2. The lowest BCUT2D eigenvalue weighted by Crippen LogP contribution is -2.47. The van der Waals surface area contributed by atoms with Gasteiger partial charge in [0.25, 0.3) is 5.91 Å². The molecule has 1 aliphatic rings. The van der Waals surface area contributed by atoms with E-state index in [9.17, 15) is 14.4 Å². The molecule has 3 aromatic rings. The van der Waals surface area contributed by atoms with Gasteiger partial charge in [-0.05, 0) is 42.2 Å². The number of aliphatic carboxylic acids is 2. The van der Waals surface area contributed by atoms with Crippen molar-refractivity contribution in [1.29, 1.82) is 0 Å². The van der Waals surface area contributed by atoms with E-state index in [-0.39, 0.29) is 11.9 Å². The van der Waals surface area contributed by atoms with Crippen molar-refractivity contribution in [3.05, 3.63) is 120 Å². The zero-order valence-corrected chi connectivity index (χ0v) is 21.1. The number of rotatable bonds is 8. The van der Waals surface area contributed by atoms with Crippen molar-refractivity contribution in [2.24, 2.45) is 0 Å². The lowest BCUT2D eigenvalue weighted by Gasteiger charge is -2.38. The molecule has 196 valence electrons. The molecule has 7 nitrogen and oxygen atoms in total. The summed E-state index contributed by atoms with van der Waals surface area (Å²) in [5.41, 5.74) is 3.36. The molecular weight excluding hydrogens is 480 g/mol. The molecule has 3 aromatic carbocycles. The van der Waals surface area contributed by atoms with Crippen LogP contribution in [0.4, 0.5) is 5.69 Å². The molecular formula is C31H32N2O5. The number of anilines is 1. The van der Waals surface area contributed by atoms with Crippen molar-refractivity contribution in [1.82, 2.24) is 4.90 Å². The molecule has 0 spiro atoms. The third-order valence-corrected chi connectivity index (χ3v) is 6.03. The first-order valence-corrected chi connectivity index (χ1v) is 12.4. The van der Waals surface area contributed by atoms with Crippen molar-refractivity contribution < 1.29 is 24.6 Å². The predicted molar refractivity (Wildman–Crippen MR) is 149 cm³/mol. The highest BCUT2D eigenvalue weighted by molar-refractivity contribution is 6.04. The van der Waals surface area contributed by atoms with Gasteiger partial charge >= 0.3 is 11.9 Å². The average Bonchev–Trinajstić information content (AvgIpc) is 2.94. The Hall–Kier alpha value is -4.49. The van der Waals surface area contributed by atoms with Crippen LogP contribution in [-0.4, -0.2) is 52.1 Å². The minimum absolute atomic E-state index is 0.0477. The highest BCUT2D eigenvalue weighted by Crippen LogP contribution is 2.25. The number of hydrogen-bond acceptors (Lipinski definition) is 4. The zero-order chi connectivity index (χ0) is 27.2. The highest BCUT2D eigenvalue weighted by Gasteiger charge is 2.28. The molecule has 2 N–H and O–H groups in total. The number of piperidine rings is 1. The van der Waals surface area contributed by atoms with Crippen molar-refractivity contribution >= 4 is 29.6 Å². The summed E-state index contributed by atoms with van der Waals surface area (Å²) in [5.74, 6) is -2.47. The molecule has 0 unspecified atom stereocenters. The van der Waals surface area contributed by atoms with E-state index >= 15 is 0 Å². The number of para-hydroxylation sites is 1. The molecule has 0 radical (unpaired) electrons. The molecule has 1 fully saturated rings. The summed E-state index contributed by atoms with van der Waals surface area (Å²) in [6, 6.07) is 30.9. The van der Waals surface area contributed by atoms with Crippen molar-refractivity contribution in [3.8, 4) is 0 Å². The fourth-order valence-corrected chi connectivity index (χ4v) is 4.24. The van der Waals surface area contributed by atoms with Crippen LogP contribution in [0, 0.1) is 0 Å². The number of nitrogens with zero attached hydrogens (tertiary/aromatic N) is 2. The highest BCUT2D eigenvalue weighted by atomic mass is 16.4. The molecule has 7 heteroatoms. The van der Waals surface area contributed by atoms with E-state index in [1.165, 1.54) is 5.56 Å². The number of benzene rings is 3. The lowest BCUT2D eigenvalue weighted by atomic mass is 10.0. The van der Waals surface area contributed by atoms with Crippen LogP contribution in [0.25, 0.3) is 6.08 Å². The van der Waals surface area contributed by atoms with Crippen LogP contribution in [0.1, 0.15) is 24.0 Å². The van der Waals surface area contributed by atoms with Gasteiger partial charge in [-0.15, -0.1) is 0 Å². The molecule has 38 heavy (non-hydrogen) atoms. The minimum atomic E-state index is -1.26. The van der Waals surface area contributed by atoms with Gasteiger partial charge in [0.05, 0.1) is 0 Å². The molecule has 1 heterocycles. The van der Waals surface area contributed by atoms with Gasteiger partial charge in [-0.2, -0.15) is 0 Å². The van der Waals surface area contributed by atoms with E-state index in [0.717, 1.165) is 43.7 Å². The molecule has 1 aliphatic heterocycles. The van der Waals surface area contributed by atoms with Gasteiger partial charge in [0.1, 0.15) is 0 Å². The quantitative estimate of drug-likeness (QED) is 0.407. The summed E-state index contributed by atoms with van der Waals surface area (Å²) in [6.45, 7) is 2.97. The van der Waals surface area contributed by atoms with E-state index in [1.807, 2.05) is 71.6 Å². The fourth-order valence-electron chi connectivity index (χ4n) is 4.24. The Kier molecular flexibility index (Phi) is 11.0. The van der Waals surface area contributed by atoms with Crippen molar-refractivity contribution in [2.75, 3.05) is 18.0 Å². The van der Waals surface area contributed by atoms with E-state index in [4.69, 9.17) is 10.2 Å². The van der Waals surface area contributed by atoms with Gasteiger partial charge in [-0.25, -0.2) is 9.59 Å². The Labute approximate surface area is 223 Å². The number of carbonyl (C=O) groups is 3. The van der Waals surface area contributed by atoms with Crippen LogP contribution in [-0.2, 0) is 20.9 Å². The minimum Gasteiger partial charge on any atom is -0.478 e. The Morgan fingerprint density at radius 2 is 1.24 bits per heavy atom. The Bertz CT molecular complexity index is 1200. The van der Waals surface area contributed by atoms with Gasteiger partial charge in [-0.3, -0.25) is 9.69 Å². The van der Waals surface area contributed by atoms with Gasteiger partial charge in [-0.1, -0.05) is 78.9 Å². The number of carbonyl (C=O) groups excluding carboxylic acids is 1. The van der Waals surface area contributed by atoms with Crippen LogP contribution in [0.3, 0.4) is 0 Å². The second kappa shape index (κ2) is 14.9. The maximum absolute atomic E-state index is 13.2. The monoisotopic (exact) mass is 512 g/mol. The molecule has 0 aromatic heterocycles. The van der Waals surface area contributed by atoms with E-state index in [0.29, 0.717) is 12.2 Å². The SMILES string of the molecule is O=C(/C=C/c1ccccc1)N(c1ccccc1)C1CCN(Cc2ccccc2)CC1.O=C(O)/C=C/C(=O)O. The van der Waals surface area contributed by atoms with Gasteiger partial charge in [0, 0.05) is 49.6 Å². The second-order valence-electron chi connectivity index (χ2n) is 8.79. The largest absolute Gasteiger partial charge is 0.478 e. The summed E-state index contributed by atoms with van der Waals surface area (Å²) in [4.78, 5) is 36.8. The molecule has 0 saturated carbocycles. The average molecular weight is 513 g/mol. The number of carboxylic acid groups (broad SMARTS) is 2. The third-order valence-electron chi connectivity index (χ3n) is 6.03. The van der Waals surface area contributed by atoms with Crippen LogP contribution >= 0.6 is 0 Å². The van der Waals surface area contributed by atoms with E-state index < -0.39 is 11.9 Å². The van der Waals surface area contributed by atoms with Crippen molar-refractivity contribution in [3.63, 3.8) is 0 Å². The van der Waals surface area contributed by atoms with Gasteiger partial charge in [0.15, 0.2) is 0 Å². The summed E-state index contributed by atoms with van der Waals surface area (Å²) in [7, 11) is 0. The Morgan fingerprint density at radius 3 is 1.76 bits per heavy atom. The maximum Gasteiger partial charge on any atom is 0.328 e. The van der Waals surface area contributed by atoms with Crippen LogP contribution in [0.2, 0.25) is 0 Å². The number of hydrogen-bond donors (Lipinski definition) is 2. The molecule has 0 atom stereocenters. The molecule has 4 rings (SSSR count). The molecule has 0 bridgehead atoms. The fraction of sp³-hybridized carbons (Fsp3) is 0.194. The predicted octanol–water partition coefficient (Wildman–Crippen LogP) is 5.11. The maximum atomic E-state index is 13.2. The molecule has 0 aliphatic carbocycles. The van der Waals surface area contributed by atoms with Gasteiger partial charge < -0.3 is 15.1 Å². The summed E-state index contributed by atoms with van der Waals surface area (Å²) in [6.07, 6.45) is 6.69. The summed E-state index contributed by atoms with van der Waals surface area (Å²) in [5, 5.41) is 15.6.